The van der Waals surface area contributed by atoms with Crippen LogP contribution >= 0.6 is 0 Å². The predicted molar refractivity (Wildman–Crippen MR) is 393 cm³/mol. The molecule has 11 nitrogen and oxygen atoms in total. The number of ether oxygens (including phenoxy) is 3. The minimum absolute atomic E-state index is 0.113. The molecule has 0 aromatic carbocycles. The first-order valence-electron chi connectivity index (χ1n) is 38.3. The van der Waals surface area contributed by atoms with E-state index in [1.165, 1.54) is 154 Å². The van der Waals surface area contributed by atoms with Crippen LogP contribution in [0.4, 0.5) is 0 Å². The highest BCUT2D eigenvalue weighted by Crippen LogP contribution is 2.26. The molecule has 1 aliphatic rings. The zero-order chi connectivity index (χ0) is 67.4. The summed E-state index contributed by atoms with van der Waals surface area (Å²) in [6.45, 7) is 5.68. The van der Waals surface area contributed by atoms with E-state index in [1.807, 2.05) is 6.08 Å². The number of carbonyl (C=O) groups is 2. The van der Waals surface area contributed by atoms with Gasteiger partial charge in [-0.2, -0.15) is 0 Å². The molecule has 534 valence electrons. The fraction of sp³-hybridized carbons (Fsp3) is 0.732. The third-order valence-electron chi connectivity index (χ3n) is 17.3. The van der Waals surface area contributed by atoms with E-state index in [4.69, 9.17) is 14.2 Å². The van der Waals surface area contributed by atoms with Gasteiger partial charge in [0, 0.05) is 6.42 Å². The van der Waals surface area contributed by atoms with Gasteiger partial charge in [-0.15, -0.1) is 0 Å². The van der Waals surface area contributed by atoms with Gasteiger partial charge in [0.2, 0.25) is 5.91 Å². The van der Waals surface area contributed by atoms with E-state index in [2.05, 4.69) is 135 Å². The summed E-state index contributed by atoms with van der Waals surface area (Å²) in [5.41, 5.74) is 0. The first-order valence-corrected chi connectivity index (χ1v) is 38.3. The van der Waals surface area contributed by atoms with Gasteiger partial charge in [-0.1, -0.05) is 322 Å². The molecule has 8 atom stereocenters. The van der Waals surface area contributed by atoms with Crippen LogP contribution in [-0.4, -0.2) is 99.6 Å². The van der Waals surface area contributed by atoms with Crippen molar-refractivity contribution in [2.24, 2.45) is 0 Å². The van der Waals surface area contributed by atoms with Crippen LogP contribution in [0.25, 0.3) is 0 Å². The van der Waals surface area contributed by atoms with Crippen molar-refractivity contribution < 1.29 is 49.3 Å². The summed E-state index contributed by atoms with van der Waals surface area (Å²) in [7, 11) is 0. The Morgan fingerprint density at radius 1 is 0.430 bits per heavy atom. The van der Waals surface area contributed by atoms with Gasteiger partial charge in [0.15, 0.2) is 12.4 Å². The monoisotopic (exact) mass is 1300 g/mol. The van der Waals surface area contributed by atoms with E-state index in [9.17, 15) is 35.1 Å². The quantitative estimate of drug-likeness (QED) is 0.0195. The van der Waals surface area contributed by atoms with Crippen molar-refractivity contribution in [1.82, 2.24) is 5.32 Å². The van der Waals surface area contributed by atoms with Crippen LogP contribution in [0.1, 0.15) is 323 Å². The minimum atomic E-state index is -1.62. The zero-order valence-corrected chi connectivity index (χ0v) is 59.6. The Labute approximate surface area is 570 Å². The Morgan fingerprint density at radius 3 is 1.18 bits per heavy atom. The summed E-state index contributed by atoms with van der Waals surface area (Å²) in [6, 6.07) is -1.04. The molecule has 1 fully saturated rings. The lowest BCUT2D eigenvalue weighted by atomic mass is 9.99. The van der Waals surface area contributed by atoms with Crippen LogP contribution in [0.5, 0.6) is 0 Å². The van der Waals surface area contributed by atoms with Gasteiger partial charge in [0.25, 0.3) is 0 Å². The number of aliphatic hydroxyl groups is 5. The summed E-state index contributed by atoms with van der Waals surface area (Å²) < 4.78 is 17.7. The largest absolute Gasteiger partial charge is 0.454 e. The molecule has 93 heavy (non-hydrogen) atoms. The molecule has 1 aliphatic heterocycles. The second kappa shape index (κ2) is 68.0. The van der Waals surface area contributed by atoms with Gasteiger partial charge in [-0.05, 0) is 116 Å². The van der Waals surface area contributed by atoms with E-state index in [1.54, 1.807) is 6.08 Å². The van der Waals surface area contributed by atoms with Crippen molar-refractivity contribution in [3.05, 3.63) is 122 Å². The smallest absolute Gasteiger partial charge is 0.306 e. The molecule has 6 N–H and O–H groups in total. The SMILES string of the molecule is CC/C=C\C/C=C\C/C=C\C/C=C\C/C=C\CCCCCCCCCCCCCC(=O)OC1C(OCC(NC(=O)C(O)CCCCCCCCCC/C=C\C/C=C\C/C=C\C/C=C\CCCCC)C(O)/C=C/CCCCCCCCCCCCC)OC(CO)C(O)C1O. The number of nitrogens with one attached hydrogen (secondary N) is 1. The number of allylic oxidation sites excluding steroid dienone is 19. The van der Waals surface area contributed by atoms with Gasteiger partial charge in [0.05, 0.1) is 25.4 Å². The fourth-order valence-corrected chi connectivity index (χ4v) is 11.4. The van der Waals surface area contributed by atoms with Crippen LogP contribution in [0.2, 0.25) is 0 Å². The summed E-state index contributed by atoms with van der Waals surface area (Å²) in [6.07, 6.45) is 85.1. The minimum Gasteiger partial charge on any atom is -0.454 e. The van der Waals surface area contributed by atoms with Gasteiger partial charge < -0.3 is 45.1 Å². The molecule has 0 aromatic heterocycles. The highest BCUT2D eigenvalue weighted by molar-refractivity contribution is 5.80. The van der Waals surface area contributed by atoms with Gasteiger partial charge in [0.1, 0.15) is 24.4 Å². The van der Waals surface area contributed by atoms with Crippen molar-refractivity contribution in [3.63, 3.8) is 0 Å². The molecule has 0 bridgehead atoms. The summed E-state index contributed by atoms with van der Waals surface area (Å²) >= 11 is 0. The summed E-state index contributed by atoms with van der Waals surface area (Å²) in [5.74, 6) is -1.20. The van der Waals surface area contributed by atoms with Crippen LogP contribution in [0.3, 0.4) is 0 Å². The van der Waals surface area contributed by atoms with E-state index in [0.717, 1.165) is 122 Å². The molecular formula is C82H141NO10. The third-order valence-corrected chi connectivity index (χ3v) is 17.3. The lowest BCUT2D eigenvalue weighted by Crippen LogP contribution is -2.61. The Bertz CT molecular complexity index is 1980. The van der Waals surface area contributed by atoms with Crippen LogP contribution in [-0.2, 0) is 23.8 Å². The molecule has 1 amide bonds. The van der Waals surface area contributed by atoms with Crippen molar-refractivity contribution in [1.29, 1.82) is 0 Å². The number of aliphatic hydroxyl groups excluding tert-OH is 5. The van der Waals surface area contributed by atoms with Crippen molar-refractivity contribution >= 4 is 11.9 Å². The fourth-order valence-electron chi connectivity index (χ4n) is 11.4. The van der Waals surface area contributed by atoms with Crippen molar-refractivity contribution in [3.8, 4) is 0 Å². The average Bonchev–Trinajstić information content (AvgIpc) is 0.844. The summed E-state index contributed by atoms with van der Waals surface area (Å²) in [4.78, 5) is 26.8. The molecular weight excluding hydrogens is 1160 g/mol. The maximum absolute atomic E-state index is 13.5. The Kier molecular flexibility index (Phi) is 63.7. The first kappa shape index (κ1) is 87.1. The second-order valence-corrected chi connectivity index (χ2v) is 26.0. The summed E-state index contributed by atoms with van der Waals surface area (Å²) in [5, 5.41) is 57.4. The molecule has 1 heterocycles. The topological polar surface area (TPSA) is 175 Å². The standard InChI is InChI=1S/C82H141NO10/c1-4-7-10-13-16-19-22-25-27-29-31-33-35-37-38-39-41-43-45-47-49-52-55-58-61-64-67-70-77(87)93-80-79(89)78(88)76(71-84)92-82(80)91-72-73(74(85)68-65-62-59-56-53-50-24-21-18-15-12-9-6-3)83-81(90)75(86)69-66-63-60-57-54-51-48-46-44-42-40-36-34-32-30-28-26-23-20-17-14-11-8-5-2/h7,10,16-17,19-20,25-28,31-34,37-38,40,42,65,68,73-76,78-80,82,84-86,88-89H,4-6,8-9,11-15,18,21-24,29-30,35-36,39,41,43-64,66-67,69-72H2,1-3H3,(H,83,90)/b10-7-,19-16-,20-17-,27-25-,28-26-,33-31-,34-32-,38-37-,42-40-,68-65+. The number of carbonyl (C=O) groups excluding carboxylic acids is 2. The van der Waals surface area contributed by atoms with E-state index in [0.29, 0.717) is 12.8 Å². The average molecular weight is 1300 g/mol. The molecule has 0 spiro atoms. The number of unbranched alkanes of at least 4 members (excludes halogenated alkanes) is 33. The normalized spacial score (nSPS) is 18.6. The van der Waals surface area contributed by atoms with Crippen molar-refractivity contribution in [2.45, 2.75) is 372 Å². The van der Waals surface area contributed by atoms with Gasteiger partial charge >= 0.3 is 5.97 Å². The van der Waals surface area contributed by atoms with Gasteiger partial charge in [-0.3, -0.25) is 9.59 Å². The van der Waals surface area contributed by atoms with Gasteiger partial charge in [-0.25, -0.2) is 0 Å². The zero-order valence-electron chi connectivity index (χ0n) is 59.6. The third kappa shape index (κ3) is 54.8. The van der Waals surface area contributed by atoms with E-state index in [-0.39, 0.29) is 19.4 Å². The van der Waals surface area contributed by atoms with Crippen molar-refractivity contribution in [2.75, 3.05) is 13.2 Å². The number of hydrogen-bond acceptors (Lipinski definition) is 10. The molecule has 0 radical (unpaired) electrons. The maximum atomic E-state index is 13.5. The lowest BCUT2D eigenvalue weighted by molar-refractivity contribution is -0.305. The highest BCUT2D eigenvalue weighted by Gasteiger charge is 2.47. The Morgan fingerprint density at radius 2 is 0.774 bits per heavy atom. The first-order chi connectivity index (χ1) is 45.7. The molecule has 1 rings (SSSR count). The van der Waals surface area contributed by atoms with Crippen LogP contribution in [0.15, 0.2) is 122 Å². The molecule has 8 unspecified atom stereocenters. The highest BCUT2D eigenvalue weighted by atomic mass is 16.7. The maximum Gasteiger partial charge on any atom is 0.306 e. The van der Waals surface area contributed by atoms with E-state index >= 15 is 0 Å². The second-order valence-electron chi connectivity index (χ2n) is 26.0. The number of rotatable bonds is 65. The Balaban J connectivity index is 2.56. The van der Waals surface area contributed by atoms with E-state index < -0.39 is 67.4 Å². The van der Waals surface area contributed by atoms with Crippen LogP contribution in [0, 0.1) is 0 Å². The molecule has 0 saturated carbocycles. The van der Waals surface area contributed by atoms with Crippen LogP contribution < -0.4 is 5.32 Å². The molecule has 0 aromatic rings. The molecule has 0 aliphatic carbocycles. The lowest BCUT2D eigenvalue weighted by Gasteiger charge is -2.41. The number of amides is 1. The predicted octanol–water partition coefficient (Wildman–Crippen LogP) is 20.5. The number of esters is 1. The Hall–Kier alpha value is -3.94. The molecule has 1 saturated heterocycles. The molecule has 11 heteroatoms. The number of hydrogen-bond donors (Lipinski definition) is 6.